The highest BCUT2D eigenvalue weighted by Crippen LogP contribution is 2.26. The third kappa shape index (κ3) is 1.70. The maximum Gasteiger partial charge on any atom is 0.197 e. The Labute approximate surface area is 108 Å². The zero-order valence-corrected chi connectivity index (χ0v) is 10.6. The number of fused-ring (bicyclic) bond motifs is 2. The summed E-state index contributed by atoms with van der Waals surface area (Å²) in [6.07, 6.45) is 0. The van der Waals surface area contributed by atoms with Crippen molar-refractivity contribution in [2.45, 2.75) is 4.90 Å². The van der Waals surface area contributed by atoms with Crippen molar-refractivity contribution in [2.75, 3.05) is 7.11 Å². The second kappa shape index (κ2) is 4.48. The van der Waals surface area contributed by atoms with E-state index < -0.39 is 0 Å². The van der Waals surface area contributed by atoms with Gasteiger partial charge in [0.2, 0.25) is 0 Å². The van der Waals surface area contributed by atoms with E-state index in [1.54, 1.807) is 7.11 Å². The van der Waals surface area contributed by atoms with Gasteiger partial charge in [0.1, 0.15) is 0 Å². The normalized spacial score (nSPS) is 11.2. The van der Waals surface area contributed by atoms with Gasteiger partial charge in [0.15, 0.2) is 5.43 Å². The Morgan fingerprint density at radius 1 is 1.06 bits per heavy atom. The summed E-state index contributed by atoms with van der Waals surface area (Å²) in [5, 5.41) is 1.40. The highest BCUT2D eigenvalue weighted by atomic mass is 32.2. The topological polar surface area (TPSA) is 42.1 Å². The summed E-state index contributed by atoms with van der Waals surface area (Å²) in [5.74, 6) is 0. The molecule has 0 aliphatic heterocycles. The van der Waals surface area contributed by atoms with E-state index in [4.69, 9.17) is 4.18 Å². The fourth-order valence-electron chi connectivity index (χ4n) is 2.08. The Morgan fingerprint density at radius 2 is 1.83 bits per heavy atom. The number of nitrogens with one attached hydrogen (secondary N) is 1. The van der Waals surface area contributed by atoms with Crippen molar-refractivity contribution in [3.05, 3.63) is 52.7 Å². The lowest BCUT2D eigenvalue weighted by Gasteiger charge is -2.06. The van der Waals surface area contributed by atoms with Crippen molar-refractivity contribution in [3.63, 3.8) is 0 Å². The van der Waals surface area contributed by atoms with E-state index in [9.17, 15) is 4.79 Å². The maximum absolute atomic E-state index is 12.4. The van der Waals surface area contributed by atoms with Crippen LogP contribution in [0, 0.1) is 0 Å². The molecule has 0 amide bonds. The molecule has 1 heterocycles. The van der Waals surface area contributed by atoms with Crippen molar-refractivity contribution in [1.82, 2.24) is 4.98 Å². The first-order chi connectivity index (χ1) is 8.81. The van der Waals surface area contributed by atoms with E-state index in [0.717, 1.165) is 15.9 Å². The fraction of sp³-hybridized carbons (Fsp3) is 0.0714. The lowest BCUT2D eigenvalue weighted by Crippen LogP contribution is -2.04. The van der Waals surface area contributed by atoms with Gasteiger partial charge in [-0.25, -0.2) is 0 Å². The molecule has 3 rings (SSSR count). The second-order valence-corrected chi connectivity index (χ2v) is 4.87. The molecule has 0 aliphatic carbocycles. The molecule has 3 nitrogen and oxygen atoms in total. The highest BCUT2D eigenvalue weighted by Gasteiger charge is 2.08. The van der Waals surface area contributed by atoms with Crippen LogP contribution in [0.1, 0.15) is 0 Å². The molecule has 0 radical (unpaired) electrons. The molecule has 0 saturated heterocycles. The zero-order chi connectivity index (χ0) is 12.5. The number of pyridine rings is 1. The molecule has 90 valence electrons. The van der Waals surface area contributed by atoms with Crippen LogP contribution in [0.5, 0.6) is 0 Å². The molecule has 0 bridgehead atoms. The SMILES string of the molecule is COSc1cccc2c(=O)c3ccccc3[nH]c12. The van der Waals surface area contributed by atoms with Gasteiger partial charge in [0.05, 0.1) is 17.5 Å². The number of para-hydroxylation sites is 2. The highest BCUT2D eigenvalue weighted by molar-refractivity contribution is 7.94. The lowest BCUT2D eigenvalue weighted by atomic mass is 10.1. The Balaban J connectivity index is 2.47. The zero-order valence-electron chi connectivity index (χ0n) is 9.77. The first-order valence-corrected chi connectivity index (χ1v) is 6.30. The molecular weight excluding hydrogens is 246 g/mol. The molecule has 0 atom stereocenters. The molecule has 0 saturated carbocycles. The average Bonchev–Trinajstić information content (AvgIpc) is 2.40. The van der Waals surface area contributed by atoms with Crippen molar-refractivity contribution in [2.24, 2.45) is 0 Å². The molecule has 2 aromatic carbocycles. The van der Waals surface area contributed by atoms with Crippen LogP contribution in [0.2, 0.25) is 0 Å². The van der Waals surface area contributed by atoms with E-state index in [1.165, 1.54) is 12.0 Å². The Morgan fingerprint density at radius 3 is 2.67 bits per heavy atom. The van der Waals surface area contributed by atoms with Crippen molar-refractivity contribution >= 4 is 33.8 Å². The van der Waals surface area contributed by atoms with E-state index in [2.05, 4.69) is 4.98 Å². The molecular formula is C14H11NO2S. The number of aromatic nitrogens is 1. The number of hydrogen-bond acceptors (Lipinski definition) is 3. The molecule has 1 aromatic heterocycles. The first-order valence-electron chi connectivity index (χ1n) is 5.55. The minimum absolute atomic E-state index is 0.0536. The summed E-state index contributed by atoms with van der Waals surface area (Å²) >= 11 is 1.25. The minimum Gasteiger partial charge on any atom is -0.353 e. The number of H-pyrrole nitrogens is 1. The quantitative estimate of drug-likeness (QED) is 0.565. The van der Waals surface area contributed by atoms with Crippen molar-refractivity contribution in [3.8, 4) is 0 Å². The van der Waals surface area contributed by atoms with Gasteiger partial charge < -0.3 is 9.17 Å². The van der Waals surface area contributed by atoms with Gasteiger partial charge in [-0.2, -0.15) is 0 Å². The van der Waals surface area contributed by atoms with Crippen LogP contribution in [0.4, 0.5) is 0 Å². The van der Waals surface area contributed by atoms with E-state index in [0.29, 0.717) is 10.8 Å². The van der Waals surface area contributed by atoms with E-state index >= 15 is 0 Å². The summed E-state index contributed by atoms with van der Waals surface area (Å²) < 4.78 is 5.08. The van der Waals surface area contributed by atoms with E-state index in [-0.39, 0.29) is 5.43 Å². The summed E-state index contributed by atoms with van der Waals surface area (Å²) in [7, 11) is 1.61. The average molecular weight is 257 g/mol. The van der Waals surface area contributed by atoms with Crippen LogP contribution in [0.25, 0.3) is 21.8 Å². The predicted molar refractivity (Wildman–Crippen MR) is 74.9 cm³/mol. The number of benzene rings is 2. The third-order valence-electron chi connectivity index (χ3n) is 2.88. The van der Waals surface area contributed by atoms with Gasteiger partial charge in [0, 0.05) is 28.3 Å². The third-order valence-corrected chi connectivity index (χ3v) is 3.56. The van der Waals surface area contributed by atoms with Crippen LogP contribution >= 0.6 is 12.0 Å². The van der Waals surface area contributed by atoms with Crippen LogP contribution in [-0.2, 0) is 4.18 Å². The predicted octanol–water partition coefficient (Wildman–Crippen LogP) is 3.33. The molecule has 18 heavy (non-hydrogen) atoms. The Bertz CT molecular complexity index is 779. The minimum atomic E-state index is 0.0536. The molecule has 0 fully saturated rings. The number of aromatic amines is 1. The summed E-state index contributed by atoms with van der Waals surface area (Å²) in [6.45, 7) is 0. The largest absolute Gasteiger partial charge is 0.353 e. The fourth-order valence-corrected chi connectivity index (χ4v) is 2.64. The van der Waals surface area contributed by atoms with Gasteiger partial charge in [-0.1, -0.05) is 18.2 Å². The molecule has 0 aliphatic rings. The second-order valence-electron chi connectivity index (χ2n) is 3.93. The summed E-state index contributed by atoms with van der Waals surface area (Å²) in [4.78, 5) is 16.6. The van der Waals surface area contributed by atoms with Crippen molar-refractivity contribution in [1.29, 1.82) is 0 Å². The van der Waals surface area contributed by atoms with E-state index in [1.807, 2.05) is 42.5 Å². The Hall–Kier alpha value is -1.78. The van der Waals surface area contributed by atoms with Crippen LogP contribution in [-0.4, -0.2) is 12.1 Å². The molecule has 3 aromatic rings. The number of rotatable bonds is 2. The molecule has 1 N–H and O–H groups in total. The van der Waals surface area contributed by atoms with Gasteiger partial charge in [-0.3, -0.25) is 4.79 Å². The van der Waals surface area contributed by atoms with Crippen LogP contribution in [0.15, 0.2) is 52.2 Å². The maximum atomic E-state index is 12.4. The lowest BCUT2D eigenvalue weighted by molar-refractivity contribution is 0.490. The first kappa shape index (κ1) is 11.3. The molecule has 4 heteroatoms. The molecule has 0 spiro atoms. The van der Waals surface area contributed by atoms with Gasteiger partial charge >= 0.3 is 0 Å². The Kier molecular flexibility index (Phi) is 2.81. The van der Waals surface area contributed by atoms with Crippen LogP contribution < -0.4 is 5.43 Å². The number of hydrogen-bond donors (Lipinski definition) is 1. The van der Waals surface area contributed by atoms with Crippen molar-refractivity contribution < 1.29 is 4.18 Å². The summed E-state index contributed by atoms with van der Waals surface area (Å²) in [6, 6.07) is 13.2. The van der Waals surface area contributed by atoms with Gasteiger partial charge in [0.25, 0.3) is 0 Å². The van der Waals surface area contributed by atoms with Gasteiger partial charge in [-0.05, 0) is 24.3 Å². The summed E-state index contributed by atoms with van der Waals surface area (Å²) in [5.41, 5.74) is 1.73. The smallest absolute Gasteiger partial charge is 0.197 e. The van der Waals surface area contributed by atoms with Gasteiger partial charge in [-0.15, -0.1) is 0 Å². The molecule has 0 unspecified atom stereocenters. The standard InChI is InChI=1S/C14H11NO2S/c1-17-18-12-8-4-6-10-13(12)15-11-7-3-2-5-9(11)14(10)16/h2-8H,1H3,(H,15,16). The van der Waals surface area contributed by atoms with Crippen LogP contribution in [0.3, 0.4) is 0 Å². The monoisotopic (exact) mass is 257 g/mol.